The van der Waals surface area contributed by atoms with Gasteiger partial charge in [0.1, 0.15) is 0 Å². The molecule has 0 saturated carbocycles. The molecule has 0 atom stereocenters. The molecule has 2 rings (SSSR count). The van der Waals surface area contributed by atoms with E-state index in [-0.39, 0.29) is 0 Å². The molecule has 2 heterocycles. The van der Waals surface area contributed by atoms with Gasteiger partial charge in [0.25, 0.3) is 0 Å². The smallest absolute Gasteiger partial charge is 0.0547 e. The number of likely N-dealkylation sites (tertiary alicyclic amines) is 1. The highest BCUT2D eigenvalue weighted by Gasteiger charge is 2.28. The van der Waals surface area contributed by atoms with Crippen LogP contribution >= 0.6 is 0 Å². The van der Waals surface area contributed by atoms with E-state index in [0.29, 0.717) is 5.41 Å². The van der Waals surface area contributed by atoms with Gasteiger partial charge < -0.3 is 15.5 Å². The van der Waals surface area contributed by atoms with Gasteiger partial charge in [-0.15, -0.1) is 0 Å². The topological polar surface area (TPSA) is 40.2 Å². The van der Waals surface area contributed by atoms with Crippen molar-refractivity contribution in [3.8, 4) is 0 Å². The molecule has 1 aliphatic rings. The lowest BCUT2D eigenvalue weighted by Gasteiger charge is -2.38. The first kappa shape index (κ1) is 15.1. The Morgan fingerprint density at radius 1 is 1.20 bits per heavy atom. The molecule has 0 unspecified atom stereocenters. The van der Waals surface area contributed by atoms with Gasteiger partial charge in [0.2, 0.25) is 0 Å². The van der Waals surface area contributed by atoms with Crippen molar-refractivity contribution >= 4 is 11.4 Å². The fraction of sp³-hybridized carbons (Fsp3) is 0.688. The van der Waals surface area contributed by atoms with E-state index >= 15 is 0 Å². The third kappa shape index (κ3) is 4.37. The summed E-state index contributed by atoms with van der Waals surface area (Å²) in [5, 5.41) is 6.94. The molecular weight excluding hydrogens is 248 g/mol. The highest BCUT2D eigenvalue weighted by Crippen LogP contribution is 2.30. The summed E-state index contributed by atoms with van der Waals surface area (Å²) in [6.45, 7) is 8.99. The third-order valence-electron chi connectivity index (χ3n) is 4.23. The van der Waals surface area contributed by atoms with Gasteiger partial charge in [-0.25, -0.2) is 0 Å². The van der Waals surface area contributed by atoms with Crippen LogP contribution in [0, 0.1) is 5.41 Å². The summed E-state index contributed by atoms with van der Waals surface area (Å²) in [6, 6.07) is 2.15. The molecule has 0 aromatic carbocycles. The number of aromatic nitrogens is 1. The quantitative estimate of drug-likeness (QED) is 0.838. The van der Waals surface area contributed by atoms with Crippen LogP contribution in [-0.4, -0.2) is 43.1 Å². The molecule has 1 saturated heterocycles. The highest BCUT2D eigenvalue weighted by molar-refractivity contribution is 5.54. The van der Waals surface area contributed by atoms with E-state index in [0.717, 1.165) is 30.9 Å². The number of pyridine rings is 1. The standard InChI is InChI=1S/C16H28N4/c1-4-7-18-14-10-15(12-17-11-14)19-13-16(2)5-8-20(3)9-6-16/h10-12,18-19H,4-9,13H2,1-3H3. The summed E-state index contributed by atoms with van der Waals surface area (Å²) < 4.78 is 0. The highest BCUT2D eigenvalue weighted by atomic mass is 15.1. The van der Waals surface area contributed by atoms with Gasteiger partial charge in [-0.05, 0) is 50.9 Å². The first-order valence-electron chi connectivity index (χ1n) is 7.73. The number of rotatable bonds is 6. The Bertz CT molecular complexity index is 411. The molecule has 112 valence electrons. The Morgan fingerprint density at radius 2 is 1.85 bits per heavy atom. The average molecular weight is 276 g/mol. The Hall–Kier alpha value is -1.29. The van der Waals surface area contributed by atoms with E-state index in [1.54, 1.807) is 0 Å². The van der Waals surface area contributed by atoms with Crippen LogP contribution in [-0.2, 0) is 0 Å². The van der Waals surface area contributed by atoms with Crippen LogP contribution in [0.1, 0.15) is 33.1 Å². The van der Waals surface area contributed by atoms with Crippen molar-refractivity contribution in [3.63, 3.8) is 0 Å². The van der Waals surface area contributed by atoms with E-state index in [9.17, 15) is 0 Å². The second-order valence-electron chi connectivity index (χ2n) is 6.36. The van der Waals surface area contributed by atoms with E-state index in [1.165, 1.54) is 25.9 Å². The van der Waals surface area contributed by atoms with Gasteiger partial charge in [0.05, 0.1) is 23.8 Å². The molecule has 1 fully saturated rings. The normalized spacial score (nSPS) is 18.8. The summed E-state index contributed by atoms with van der Waals surface area (Å²) >= 11 is 0. The fourth-order valence-electron chi connectivity index (χ4n) is 2.55. The second-order valence-corrected chi connectivity index (χ2v) is 6.36. The predicted octanol–water partition coefficient (Wildman–Crippen LogP) is 3.05. The van der Waals surface area contributed by atoms with Crippen LogP contribution in [0.4, 0.5) is 11.4 Å². The van der Waals surface area contributed by atoms with Crippen molar-refractivity contribution in [3.05, 3.63) is 18.5 Å². The van der Waals surface area contributed by atoms with Crippen LogP contribution in [0.2, 0.25) is 0 Å². The molecule has 0 aliphatic carbocycles. The number of hydrogen-bond acceptors (Lipinski definition) is 4. The zero-order valence-corrected chi connectivity index (χ0v) is 13.1. The largest absolute Gasteiger partial charge is 0.384 e. The Balaban J connectivity index is 1.87. The summed E-state index contributed by atoms with van der Waals surface area (Å²) in [6.07, 6.45) is 7.45. The summed E-state index contributed by atoms with van der Waals surface area (Å²) in [5.74, 6) is 0. The summed E-state index contributed by atoms with van der Waals surface area (Å²) in [7, 11) is 2.21. The first-order valence-corrected chi connectivity index (χ1v) is 7.73. The molecule has 0 radical (unpaired) electrons. The van der Waals surface area contributed by atoms with Crippen LogP contribution in [0.3, 0.4) is 0 Å². The number of anilines is 2. The second kappa shape index (κ2) is 6.93. The predicted molar refractivity (Wildman–Crippen MR) is 86.3 cm³/mol. The van der Waals surface area contributed by atoms with Gasteiger partial charge in [0, 0.05) is 13.1 Å². The molecule has 0 spiro atoms. The molecule has 1 aromatic heterocycles. The zero-order chi connectivity index (χ0) is 14.4. The molecule has 1 aromatic rings. The van der Waals surface area contributed by atoms with E-state index in [4.69, 9.17) is 0 Å². The van der Waals surface area contributed by atoms with Gasteiger partial charge in [-0.1, -0.05) is 13.8 Å². The van der Waals surface area contributed by atoms with Crippen molar-refractivity contribution in [2.75, 3.05) is 43.9 Å². The van der Waals surface area contributed by atoms with Crippen molar-refractivity contribution < 1.29 is 0 Å². The molecule has 4 heteroatoms. The van der Waals surface area contributed by atoms with Crippen LogP contribution in [0.15, 0.2) is 18.5 Å². The third-order valence-corrected chi connectivity index (χ3v) is 4.23. The SMILES string of the molecule is CCCNc1cncc(NCC2(C)CCN(C)CC2)c1. The van der Waals surface area contributed by atoms with Crippen LogP contribution < -0.4 is 10.6 Å². The average Bonchev–Trinajstić information content (AvgIpc) is 2.47. The maximum absolute atomic E-state index is 4.30. The Kier molecular flexibility index (Phi) is 5.24. The van der Waals surface area contributed by atoms with Crippen molar-refractivity contribution in [1.82, 2.24) is 9.88 Å². The van der Waals surface area contributed by atoms with Gasteiger partial charge >= 0.3 is 0 Å². The minimum absolute atomic E-state index is 0.402. The molecule has 4 nitrogen and oxygen atoms in total. The zero-order valence-electron chi connectivity index (χ0n) is 13.1. The molecule has 2 N–H and O–H groups in total. The minimum atomic E-state index is 0.402. The Labute approximate surface area is 123 Å². The van der Waals surface area contributed by atoms with Gasteiger partial charge in [-0.2, -0.15) is 0 Å². The number of nitrogens with zero attached hydrogens (tertiary/aromatic N) is 2. The van der Waals surface area contributed by atoms with E-state index in [2.05, 4.69) is 47.5 Å². The van der Waals surface area contributed by atoms with Crippen LogP contribution in [0.25, 0.3) is 0 Å². The lowest BCUT2D eigenvalue weighted by atomic mass is 9.80. The van der Waals surface area contributed by atoms with Crippen molar-refractivity contribution in [1.29, 1.82) is 0 Å². The first-order chi connectivity index (χ1) is 9.61. The van der Waals surface area contributed by atoms with Gasteiger partial charge in [0.15, 0.2) is 0 Å². The lowest BCUT2D eigenvalue weighted by Crippen LogP contribution is -2.40. The summed E-state index contributed by atoms with van der Waals surface area (Å²) in [4.78, 5) is 6.72. The fourth-order valence-corrected chi connectivity index (χ4v) is 2.55. The molecule has 20 heavy (non-hydrogen) atoms. The molecule has 0 amide bonds. The molecular formula is C16H28N4. The maximum Gasteiger partial charge on any atom is 0.0547 e. The maximum atomic E-state index is 4.30. The number of hydrogen-bond donors (Lipinski definition) is 2. The van der Waals surface area contributed by atoms with E-state index < -0.39 is 0 Å². The number of nitrogens with one attached hydrogen (secondary N) is 2. The van der Waals surface area contributed by atoms with E-state index in [1.807, 2.05) is 12.4 Å². The molecule has 1 aliphatic heterocycles. The van der Waals surface area contributed by atoms with Crippen molar-refractivity contribution in [2.24, 2.45) is 5.41 Å². The van der Waals surface area contributed by atoms with Crippen LogP contribution in [0.5, 0.6) is 0 Å². The summed E-state index contributed by atoms with van der Waals surface area (Å²) in [5.41, 5.74) is 2.62. The van der Waals surface area contributed by atoms with Gasteiger partial charge in [-0.3, -0.25) is 4.98 Å². The Morgan fingerprint density at radius 3 is 2.50 bits per heavy atom. The molecule has 0 bridgehead atoms. The minimum Gasteiger partial charge on any atom is -0.384 e. The van der Waals surface area contributed by atoms with Crippen molar-refractivity contribution in [2.45, 2.75) is 33.1 Å². The number of piperidine rings is 1. The monoisotopic (exact) mass is 276 g/mol. The lowest BCUT2D eigenvalue weighted by molar-refractivity contribution is 0.150.